The van der Waals surface area contributed by atoms with Crippen molar-refractivity contribution in [1.82, 2.24) is 0 Å². The fraction of sp³-hybridized carbons (Fsp3) is 0.500. The van der Waals surface area contributed by atoms with E-state index in [2.05, 4.69) is 15.9 Å². The maximum Gasteiger partial charge on any atom is 0.141 e. The minimum absolute atomic E-state index is 0.0767. The Balaban J connectivity index is 2.65. The summed E-state index contributed by atoms with van der Waals surface area (Å²) in [5.74, 6) is 0.121. The largest absolute Gasteiger partial charge is 0.490 e. The summed E-state index contributed by atoms with van der Waals surface area (Å²) in [6.07, 6.45) is 0. The molecular weight excluding hydrogens is 275 g/mol. The second-order valence-corrected chi connectivity index (χ2v) is 5.23. The fourth-order valence-corrected chi connectivity index (χ4v) is 1.21. The summed E-state index contributed by atoms with van der Waals surface area (Å²) >= 11 is 3.06. The SMILES string of the molecule is CC(C)C(C)(O)COc1ccc(Br)c(F)c1. The van der Waals surface area contributed by atoms with Gasteiger partial charge in [0.05, 0.1) is 10.1 Å². The van der Waals surface area contributed by atoms with Crippen LogP contribution in [0.25, 0.3) is 0 Å². The lowest BCUT2D eigenvalue weighted by atomic mass is 9.94. The lowest BCUT2D eigenvalue weighted by Gasteiger charge is -2.27. The van der Waals surface area contributed by atoms with Crippen molar-refractivity contribution >= 4 is 15.9 Å². The van der Waals surface area contributed by atoms with E-state index in [0.717, 1.165) is 0 Å². The standard InChI is InChI=1S/C12H16BrFO2/c1-8(2)12(3,15)7-16-9-4-5-10(13)11(14)6-9/h4-6,8,15H,7H2,1-3H3. The van der Waals surface area contributed by atoms with Crippen molar-refractivity contribution in [3.63, 3.8) is 0 Å². The number of hydrogen-bond donors (Lipinski definition) is 1. The van der Waals surface area contributed by atoms with Crippen molar-refractivity contribution in [2.24, 2.45) is 5.92 Å². The van der Waals surface area contributed by atoms with Gasteiger partial charge in [-0.1, -0.05) is 13.8 Å². The molecule has 0 bridgehead atoms. The van der Waals surface area contributed by atoms with E-state index in [-0.39, 0.29) is 18.3 Å². The summed E-state index contributed by atoms with van der Waals surface area (Å²) in [4.78, 5) is 0. The Morgan fingerprint density at radius 2 is 2.12 bits per heavy atom. The summed E-state index contributed by atoms with van der Waals surface area (Å²) in [7, 11) is 0. The molecule has 4 heteroatoms. The highest BCUT2D eigenvalue weighted by Crippen LogP contribution is 2.23. The Kier molecular flexibility index (Phi) is 4.33. The topological polar surface area (TPSA) is 29.5 Å². The molecule has 1 rings (SSSR count). The van der Waals surface area contributed by atoms with E-state index in [4.69, 9.17) is 4.74 Å². The van der Waals surface area contributed by atoms with E-state index in [0.29, 0.717) is 10.2 Å². The van der Waals surface area contributed by atoms with Gasteiger partial charge in [-0.25, -0.2) is 4.39 Å². The minimum atomic E-state index is -0.913. The molecule has 0 aromatic heterocycles. The lowest BCUT2D eigenvalue weighted by Crippen LogP contribution is -2.37. The van der Waals surface area contributed by atoms with E-state index in [1.54, 1.807) is 19.1 Å². The first kappa shape index (κ1) is 13.5. The predicted molar refractivity (Wildman–Crippen MR) is 65.1 cm³/mol. The molecule has 0 saturated carbocycles. The molecule has 1 aromatic rings. The van der Waals surface area contributed by atoms with Crippen molar-refractivity contribution in [1.29, 1.82) is 0 Å². The normalized spacial score (nSPS) is 14.9. The number of benzene rings is 1. The highest BCUT2D eigenvalue weighted by atomic mass is 79.9. The van der Waals surface area contributed by atoms with Gasteiger partial charge in [0, 0.05) is 6.07 Å². The maximum atomic E-state index is 13.2. The molecule has 0 aliphatic carbocycles. The fourth-order valence-electron chi connectivity index (χ4n) is 0.963. The zero-order valence-corrected chi connectivity index (χ0v) is 11.2. The highest BCUT2D eigenvalue weighted by molar-refractivity contribution is 9.10. The number of halogens is 2. The van der Waals surface area contributed by atoms with E-state index in [9.17, 15) is 9.50 Å². The molecule has 1 aromatic carbocycles. The first-order valence-corrected chi connectivity index (χ1v) is 5.92. The molecule has 90 valence electrons. The third-order valence-corrected chi connectivity index (χ3v) is 3.31. The Bertz CT molecular complexity index is 364. The molecule has 0 spiro atoms. The first-order valence-electron chi connectivity index (χ1n) is 5.13. The first-order chi connectivity index (χ1) is 7.33. The molecule has 1 N–H and O–H groups in total. The lowest BCUT2D eigenvalue weighted by molar-refractivity contribution is -0.0267. The number of hydrogen-bond acceptors (Lipinski definition) is 2. The van der Waals surface area contributed by atoms with E-state index in [1.807, 2.05) is 13.8 Å². The molecule has 1 unspecified atom stereocenters. The molecule has 0 amide bonds. The van der Waals surface area contributed by atoms with Crippen molar-refractivity contribution in [2.75, 3.05) is 6.61 Å². The Hall–Kier alpha value is -0.610. The van der Waals surface area contributed by atoms with Gasteiger partial charge in [-0.05, 0) is 40.9 Å². The van der Waals surface area contributed by atoms with Crippen LogP contribution in [0.5, 0.6) is 5.75 Å². The van der Waals surface area contributed by atoms with E-state index < -0.39 is 5.60 Å². The smallest absolute Gasteiger partial charge is 0.141 e. The predicted octanol–water partition coefficient (Wildman–Crippen LogP) is 3.37. The summed E-state index contributed by atoms with van der Waals surface area (Å²) in [5, 5.41) is 9.95. The number of ether oxygens (including phenoxy) is 1. The van der Waals surface area contributed by atoms with Crippen LogP contribution in [-0.2, 0) is 0 Å². The Morgan fingerprint density at radius 1 is 1.50 bits per heavy atom. The van der Waals surface area contributed by atoms with Gasteiger partial charge in [-0.15, -0.1) is 0 Å². The maximum absolute atomic E-state index is 13.2. The van der Waals surface area contributed by atoms with Crippen molar-refractivity contribution in [3.05, 3.63) is 28.5 Å². The van der Waals surface area contributed by atoms with Crippen LogP contribution < -0.4 is 4.74 Å². The average Bonchev–Trinajstić information content (AvgIpc) is 2.20. The van der Waals surface area contributed by atoms with E-state index >= 15 is 0 Å². The molecule has 0 radical (unpaired) electrons. The molecule has 0 heterocycles. The van der Waals surface area contributed by atoms with E-state index in [1.165, 1.54) is 6.07 Å². The van der Waals surface area contributed by atoms with Gasteiger partial charge in [-0.3, -0.25) is 0 Å². The van der Waals surface area contributed by atoms with Gasteiger partial charge in [0.25, 0.3) is 0 Å². The second kappa shape index (κ2) is 5.15. The van der Waals surface area contributed by atoms with Gasteiger partial charge in [-0.2, -0.15) is 0 Å². The Labute approximate surface area is 104 Å². The van der Waals surface area contributed by atoms with Gasteiger partial charge < -0.3 is 9.84 Å². The number of rotatable bonds is 4. The monoisotopic (exact) mass is 290 g/mol. The average molecular weight is 291 g/mol. The van der Waals surface area contributed by atoms with Crippen LogP contribution in [0.2, 0.25) is 0 Å². The zero-order valence-electron chi connectivity index (χ0n) is 9.63. The van der Waals surface area contributed by atoms with Gasteiger partial charge in [0.15, 0.2) is 0 Å². The summed E-state index contributed by atoms with van der Waals surface area (Å²) in [5.41, 5.74) is -0.913. The molecule has 0 aliphatic rings. The van der Waals surface area contributed by atoms with Gasteiger partial charge >= 0.3 is 0 Å². The van der Waals surface area contributed by atoms with Gasteiger partial charge in [0.2, 0.25) is 0 Å². The molecule has 0 saturated heterocycles. The van der Waals surface area contributed by atoms with Gasteiger partial charge in [0.1, 0.15) is 18.2 Å². The molecule has 0 aliphatic heterocycles. The van der Waals surface area contributed by atoms with Crippen molar-refractivity contribution in [2.45, 2.75) is 26.4 Å². The molecule has 2 nitrogen and oxygen atoms in total. The zero-order chi connectivity index (χ0) is 12.3. The molecule has 16 heavy (non-hydrogen) atoms. The number of aliphatic hydroxyl groups is 1. The van der Waals surface area contributed by atoms with Crippen LogP contribution in [0.3, 0.4) is 0 Å². The quantitative estimate of drug-likeness (QED) is 0.921. The molecule has 0 fully saturated rings. The second-order valence-electron chi connectivity index (χ2n) is 4.38. The summed E-state index contributed by atoms with van der Waals surface area (Å²) in [6, 6.07) is 4.53. The highest BCUT2D eigenvalue weighted by Gasteiger charge is 2.25. The molecular formula is C12H16BrFO2. The van der Waals surface area contributed by atoms with Crippen molar-refractivity contribution in [3.8, 4) is 5.75 Å². The molecule has 1 atom stereocenters. The van der Waals surface area contributed by atoms with Crippen LogP contribution in [0.1, 0.15) is 20.8 Å². The summed E-state index contributed by atoms with van der Waals surface area (Å²) in [6.45, 7) is 5.66. The van der Waals surface area contributed by atoms with Crippen LogP contribution in [0.4, 0.5) is 4.39 Å². The minimum Gasteiger partial charge on any atom is -0.490 e. The van der Waals surface area contributed by atoms with Crippen molar-refractivity contribution < 1.29 is 14.2 Å². The van der Waals surface area contributed by atoms with Crippen LogP contribution in [0.15, 0.2) is 22.7 Å². The summed E-state index contributed by atoms with van der Waals surface area (Å²) < 4.78 is 18.9. The van der Waals surface area contributed by atoms with Crippen LogP contribution in [-0.4, -0.2) is 17.3 Å². The van der Waals surface area contributed by atoms with Crippen LogP contribution >= 0.6 is 15.9 Å². The third kappa shape index (κ3) is 3.46. The third-order valence-electron chi connectivity index (χ3n) is 2.67. The van der Waals surface area contributed by atoms with Crippen LogP contribution in [0, 0.1) is 11.7 Å². The Morgan fingerprint density at radius 3 is 2.62 bits per heavy atom.